The van der Waals surface area contributed by atoms with Crippen LogP contribution in [-0.4, -0.2) is 4.92 Å². The molecular formula is C15H9NO4. The first kappa shape index (κ1) is 12.1. The second kappa shape index (κ2) is 4.62. The summed E-state index contributed by atoms with van der Waals surface area (Å²) < 4.78 is 5.20. The molecule has 0 amide bonds. The fourth-order valence-corrected chi connectivity index (χ4v) is 2.04. The molecule has 5 nitrogen and oxygen atoms in total. The van der Waals surface area contributed by atoms with Crippen molar-refractivity contribution in [3.63, 3.8) is 0 Å². The zero-order valence-electron chi connectivity index (χ0n) is 10.3. The molecule has 98 valence electrons. The monoisotopic (exact) mass is 267 g/mol. The van der Waals surface area contributed by atoms with Gasteiger partial charge in [0.2, 0.25) is 0 Å². The Bertz CT molecular complexity index is 853. The maximum absolute atomic E-state index is 12.0. The SMILES string of the molecule is O=c1oc2ccc([N+](=O)[O-])cc2cc1-c1ccccc1. The molecule has 0 unspecified atom stereocenters. The van der Waals surface area contributed by atoms with Crippen LogP contribution in [0.3, 0.4) is 0 Å². The Morgan fingerprint density at radius 2 is 1.75 bits per heavy atom. The van der Waals surface area contributed by atoms with Crippen molar-refractivity contribution in [1.29, 1.82) is 0 Å². The van der Waals surface area contributed by atoms with Crippen LogP contribution in [0.15, 0.2) is 63.8 Å². The van der Waals surface area contributed by atoms with E-state index in [9.17, 15) is 14.9 Å². The highest BCUT2D eigenvalue weighted by molar-refractivity contribution is 5.83. The third-order valence-corrected chi connectivity index (χ3v) is 3.01. The van der Waals surface area contributed by atoms with E-state index in [0.717, 1.165) is 5.56 Å². The van der Waals surface area contributed by atoms with Crippen LogP contribution in [0.5, 0.6) is 0 Å². The van der Waals surface area contributed by atoms with Crippen molar-refractivity contribution < 1.29 is 9.34 Å². The first-order valence-electron chi connectivity index (χ1n) is 5.93. The number of rotatable bonds is 2. The van der Waals surface area contributed by atoms with Gasteiger partial charge in [0.15, 0.2) is 0 Å². The minimum absolute atomic E-state index is 0.0367. The first-order valence-corrected chi connectivity index (χ1v) is 5.93. The van der Waals surface area contributed by atoms with E-state index in [4.69, 9.17) is 4.42 Å². The quantitative estimate of drug-likeness (QED) is 0.405. The van der Waals surface area contributed by atoms with Crippen LogP contribution in [0.1, 0.15) is 0 Å². The number of fused-ring (bicyclic) bond motifs is 1. The number of nitro groups is 1. The molecule has 0 bridgehead atoms. The second-order valence-corrected chi connectivity index (χ2v) is 4.29. The van der Waals surface area contributed by atoms with Crippen molar-refractivity contribution in [3.8, 4) is 11.1 Å². The summed E-state index contributed by atoms with van der Waals surface area (Å²) in [6, 6.07) is 14.8. The molecule has 0 aliphatic rings. The average molecular weight is 267 g/mol. The lowest BCUT2D eigenvalue weighted by atomic mass is 10.1. The van der Waals surface area contributed by atoms with E-state index in [0.29, 0.717) is 16.5 Å². The van der Waals surface area contributed by atoms with Gasteiger partial charge in [-0.15, -0.1) is 0 Å². The van der Waals surface area contributed by atoms with Gasteiger partial charge >= 0.3 is 5.63 Å². The maximum Gasteiger partial charge on any atom is 0.344 e. The first-order chi connectivity index (χ1) is 9.65. The van der Waals surface area contributed by atoms with Gasteiger partial charge in [-0.2, -0.15) is 0 Å². The van der Waals surface area contributed by atoms with Gasteiger partial charge in [-0.1, -0.05) is 30.3 Å². The normalized spacial score (nSPS) is 10.6. The number of benzene rings is 2. The number of hydrogen-bond donors (Lipinski definition) is 0. The molecule has 0 aliphatic carbocycles. The van der Waals surface area contributed by atoms with E-state index < -0.39 is 10.5 Å². The molecule has 5 heteroatoms. The van der Waals surface area contributed by atoms with Crippen LogP contribution in [-0.2, 0) is 0 Å². The van der Waals surface area contributed by atoms with Crippen LogP contribution >= 0.6 is 0 Å². The van der Waals surface area contributed by atoms with Gasteiger partial charge in [-0.05, 0) is 17.7 Å². The van der Waals surface area contributed by atoms with Crippen LogP contribution in [0.25, 0.3) is 22.1 Å². The largest absolute Gasteiger partial charge is 0.422 e. The lowest BCUT2D eigenvalue weighted by molar-refractivity contribution is -0.384. The summed E-state index contributed by atoms with van der Waals surface area (Å²) in [5, 5.41) is 11.3. The molecule has 20 heavy (non-hydrogen) atoms. The number of nitro benzene ring substituents is 1. The van der Waals surface area contributed by atoms with Crippen LogP contribution in [0, 0.1) is 10.1 Å². The topological polar surface area (TPSA) is 73.3 Å². The summed E-state index contributed by atoms with van der Waals surface area (Å²) in [4.78, 5) is 22.3. The van der Waals surface area contributed by atoms with E-state index in [2.05, 4.69) is 0 Å². The fraction of sp³-hybridized carbons (Fsp3) is 0. The van der Waals surface area contributed by atoms with E-state index in [1.165, 1.54) is 18.2 Å². The smallest absolute Gasteiger partial charge is 0.344 e. The highest BCUT2D eigenvalue weighted by atomic mass is 16.6. The van der Waals surface area contributed by atoms with E-state index in [1.54, 1.807) is 18.2 Å². The van der Waals surface area contributed by atoms with Crippen molar-refractivity contribution in [2.75, 3.05) is 0 Å². The van der Waals surface area contributed by atoms with Crippen LogP contribution in [0.4, 0.5) is 5.69 Å². The van der Waals surface area contributed by atoms with Crippen molar-refractivity contribution in [2.45, 2.75) is 0 Å². The lowest BCUT2D eigenvalue weighted by Crippen LogP contribution is -2.02. The number of hydrogen-bond acceptors (Lipinski definition) is 4. The van der Waals surface area contributed by atoms with Crippen LogP contribution in [0.2, 0.25) is 0 Å². The predicted molar refractivity (Wildman–Crippen MR) is 74.6 cm³/mol. The molecule has 0 saturated heterocycles. The molecule has 3 aromatic rings. The standard InChI is InChI=1S/C15H9NO4/c17-15-13(10-4-2-1-3-5-10)9-11-8-12(16(18)19)6-7-14(11)20-15/h1-9H. The summed E-state index contributed by atoms with van der Waals surface area (Å²) in [7, 11) is 0. The van der Waals surface area contributed by atoms with Gasteiger partial charge in [0.25, 0.3) is 5.69 Å². The third kappa shape index (κ3) is 2.05. The van der Waals surface area contributed by atoms with E-state index >= 15 is 0 Å². The molecule has 1 aromatic heterocycles. The average Bonchev–Trinajstić information content (AvgIpc) is 2.47. The highest BCUT2D eigenvalue weighted by Crippen LogP contribution is 2.24. The highest BCUT2D eigenvalue weighted by Gasteiger charge is 2.11. The molecule has 0 N–H and O–H groups in total. The Kier molecular flexibility index (Phi) is 2.80. The number of non-ortho nitro benzene ring substituents is 1. The zero-order valence-corrected chi connectivity index (χ0v) is 10.3. The Labute approximate surface area is 113 Å². The van der Waals surface area contributed by atoms with Crippen molar-refractivity contribution in [3.05, 3.63) is 75.1 Å². The minimum atomic E-state index is -0.479. The van der Waals surface area contributed by atoms with Crippen molar-refractivity contribution in [2.24, 2.45) is 0 Å². The summed E-state index contributed by atoms with van der Waals surface area (Å²) in [6.45, 7) is 0. The number of nitrogens with zero attached hydrogens (tertiary/aromatic N) is 1. The Morgan fingerprint density at radius 1 is 1.00 bits per heavy atom. The maximum atomic E-state index is 12.0. The van der Waals surface area contributed by atoms with Gasteiger partial charge in [0.05, 0.1) is 10.5 Å². The van der Waals surface area contributed by atoms with Gasteiger partial charge in [0.1, 0.15) is 5.58 Å². The summed E-state index contributed by atoms with van der Waals surface area (Å²) in [5.41, 5.74) is 0.941. The molecule has 3 rings (SSSR count). The summed E-state index contributed by atoms with van der Waals surface area (Å²) in [6.07, 6.45) is 0. The molecular weight excluding hydrogens is 258 g/mol. The third-order valence-electron chi connectivity index (χ3n) is 3.01. The molecule has 0 spiro atoms. The van der Waals surface area contributed by atoms with E-state index in [1.807, 2.05) is 18.2 Å². The van der Waals surface area contributed by atoms with Gasteiger partial charge in [0, 0.05) is 17.5 Å². The molecule has 0 atom stereocenters. The second-order valence-electron chi connectivity index (χ2n) is 4.29. The van der Waals surface area contributed by atoms with Gasteiger partial charge < -0.3 is 4.42 Å². The Morgan fingerprint density at radius 3 is 2.45 bits per heavy atom. The van der Waals surface area contributed by atoms with Crippen LogP contribution < -0.4 is 5.63 Å². The minimum Gasteiger partial charge on any atom is -0.422 e. The van der Waals surface area contributed by atoms with Gasteiger partial charge in [-0.3, -0.25) is 10.1 Å². The van der Waals surface area contributed by atoms with E-state index in [-0.39, 0.29) is 5.69 Å². The summed E-state index contributed by atoms with van der Waals surface area (Å²) >= 11 is 0. The summed E-state index contributed by atoms with van der Waals surface area (Å²) in [5.74, 6) is 0. The van der Waals surface area contributed by atoms with Crippen molar-refractivity contribution in [1.82, 2.24) is 0 Å². The Balaban J connectivity index is 2.26. The molecule has 0 aliphatic heterocycles. The predicted octanol–water partition coefficient (Wildman–Crippen LogP) is 3.37. The zero-order chi connectivity index (χ0) is 14.1. The lowest BCUT2D eigenvalue weighted by Gasteiger charge is -2.02. The molecule has 0 saturated carbocycles. The molecule has 2 aromatic carbocycles. The molecule has 0 radical (unpaired) electrons. The fourth-order valence-electron chi connectivity index (χ4n) is 2.04. The Hall–Kier alpha value is -2.95. The van der Waals surface area contributed by atoms with Crippen molar-refractivity contribution >= 4 is 16.7 Å². The van der Waals surface area contributed by atoms with Gasteiger partial charge in [-0.25, -0.2) is 4.79 Å². The molecule has 0 fully saturated rings. The molecule has 1 heterocycles.